The van der Waals surface area contributed by atoms with Crippen molar-refractivity contribution < 1.29 is 39.0 Å². The molecule has 2 saturated carbocycles. The Morgan fingerprint density at radius 2 is 1.71 bits per heavy atom. The highest BCUT2D eigenvalue weighted by molar-refractivity contribution is 6.32. The monoisotopic (exact) mass is 584 g/mol. The lowest BCUT2D eigenvalue weighted by atomic mass is 9.52. The maximum atomic E-state index is 14.1. The van der Waals surface area contributed by atoms with Crippen LogP contribution in [0.3, 0.4) is 0 Å². The van der Waals surface area contributed by atoms with Gasteiger partial charge in [-0.05, 0) is 44.5 Å². The van der Waals surface area contributed by atoms with Gasteiger partial charge >= 0.3 is 0 Å². The molecule has 0 heterocycles. The van der Waals surface area contributed by atoms with Crippen molar-refractivity contribution in [3.8, 4) is 5.75 Å². The fraction of sp³-hybridized carbons (Fsp3) is 0.600. The van der Waals surface area contributed by atoms with Gasteiger partial charge in [-0.1, -0.05) is 20.8 Å². The van der Waals surface area contributed by atoms with E-state index in [1.807, 2.05) is 0 Å². The molecule has 5 N–H and O–H groups in total. The van der Waals surface area contributed by atoms with E-state index in [1.165, 1.54) is 4.90 Å². The number of aliphatic hydroxyl groups is 1. The first-order valence-corrected chi connectivity index (χ1v) is 14.0. The van der Waals surface area contributed by atoms with E-state index in [2.05, 4.69) is 5.32 Å². The second-order valence-electron chi connectivity index (χ2n) is 13.2. The molecule has 42 heavy (non-hydrogen) atoms. The highest BCUT2D eigenvalue weighted by Gasteiger charge is 2.69. The maximum absolute atomic E-state index is 14.1. The molecule has 1 aromatic rings. The Labute approximate surface area is 244 Å². The van der Waals surface area contributed by atoms with E-state index >= 15 is 0 Å². The number of hydrogen-bond donors (Lipinski definition) is 4. The number of benzene rings is 1. The molecule has 0 radical (unpaired) electrons. The molecular formula is C30H40N4O8. The Balaban J connectivity index is 1.79. The summed E-state index contributed by atoms with van der Waals surface area (Å²) in [5.74, 6) is -10.9. The van der Waals surface area contributed by atoms with Gasteiger partial charge in [0.25, 0.3) is 0 Å². The van der Waals surface area contributed by atoms with Crippen molar-refractivity contribution in [1.82, 2.24) is 10.2 Å². The number of anilines is 1. The number of rotatable bonds is 7. The largest absolute Gasteiger partial charge is 0.507 e. The zero-order chi connectivity index (χ0) is 31.6. The molecule has 0 saturated heterocycles. The number of ketones is 5. The first-order valence-electron chi connectivity index (χ1n) is 14.0. The van der Waals surface area contributed by atoms with Crippen molar-refractivity contribution in [2.45, 2.75) is 51.8 Å². The number of primary amides is 1. The standard InChI is InChI=1S/C30H40N4O8/c1-29(2,3)18(35)12-32-11-14-10-17(33(4)5)15-8-13-9-16-22(34(6)7)25(38)21(28(31)41)27(40)30(16,42)26(39)19(13)24(37)20(15)23(14)36/h10,13,16,19,21-22,32,36,42H,8-9,11-12H2,1-7H3,(H2,31,41)/t13-,16-,19?,21?,22-,30-/m0/s1. The van der Waals surface area contributed by atoms with Gasteiger partial charge in [-0.15, -0.1) is 0 Å². The summed E-state index contributed by atoms with van der Waals surface area (Å²) in [6, 6.07) is 0.572. The summed E-state index contributed by atoms with van der Waals surface area (Å²) in [7, 11) is 6.64. The molecule has 4 rings (SSSR count). The maximum Gasteiger partial charge on any atom is 0.235 e. The lowest BCUT2D eigenvalue weighted by molar-refractivity contribution is -0.181. The van der Waals surface area contributed by atoms with Crippen molar-refractivity contribution in [2.75, 3.05) is 39.6 Å². The van der Waals surface area contributed by atoms with Crippen LogP contribution in [-0.4, -0.2) is 96.3 Å². The fourth-order valence-electron chi connectivity index (χ4n) is 6.82. The van der Waals surface area contributed by atoms with Gasteiger partial charge in [0.05, 0.1) is 24.1 Å². The van der Waals surface area contributed by atoms with Crippen LogP contribution >= 0.6 is 0 Å². The summed E-state index contributed by atoms with van der Waals surface area (Å²) in [6.07, 6.45) is 0.152. The van der Waals surface area contributed by atoms with Crippen LogP contribution in [-0.2, 0) is 36.9 Å². The third-order valence-corrected chi connectivity index (χ3v) is 9.04. The Morgan fingerprint density at radius 3 is 2.24 bits per heavy atom. The Kier molecular flexibility index (Phi) is 7.98. The topological polar surface area (TPSA) is 187 Å². The molecule has 2 fully saturated rings. The van der Waals surface area contributed by atoms with Crippen molar-refractivity contribution in [3.63, 3.8) is 0 Å². The zero-order valence-corrected chi connectivity index (χ0v) is 25.1. The van der Waals surface area contributed by atoms with E-state index in [1.54, 1.807) is 59.9 Å². The van der Waals surface area contributed by atoms with E-state index in [0.717, 1.165) is 0 Å². The predicted octanol–water partition coefficient (Wildman–Crippen LogP) is -0.362. The van der Waals surface area contributed by atoms with Crippen molar-refractivity contribution in [3.05, 3.63) is 22.8 Å². The quantitative estimate of drug-likeness (QED) is 0.307. The fourth-order valence-corrected chi connectivity index (χ4v) is 6.82. The average Bonchev–Trinajstić information content (AvgIpc) is 2.86. The molecule has 12 heteroatoms. The van der Waals surface area contributed by atoms with Gasteiger partial charge in [-0.3, -0.25) is 33.7 Å². The van der Waals surface area contributed by atoms with E-state index in [-0.39, 0.29) is 43.0 Å². The number of nitrogens with zero attached hydrogens (tertiary/aromatic N) is 2. The number of phenols is 1. The van der Waals surface area contributed by atoms with E-state index < -0.39 is 69.8 Å². The van der Waals surface area contributed by atoms with Gasteiger partial charge < -0.3 is 26.2 Å². The lowest BCUT2D eigenvalue weighted by Crippen LogP contribution is -2.74. The number of carbonyl (C=O) groups excluding carboxylic acids is 6. The summed E-state index contributed by atoms with van der Waals surface area (Å²) >= 11 is 0. The predicted molar refractivity (Wildman–Crippen MR) is 152 cm³/mol. The van der Waals surface area contributed by atoms with Crippen LogP contribution < -0.4 is 16.0 Å². The summed E-state index contributed by atoms with van der Waals surface area (Å²) in [4.78, 5) is 82.5. The summed E-state index contributed by atoms with van der Waals surface area (Å²) in [5, 5.41) is 26.1. The minimum absolute atomic E-state index is 0.0181. The minimum atomic E-state index is -2.77. The molecule has 228 valence electrons. The van der Waals surface area contributed by atoms with Gasteiger partial charge in [0.15, 0.2) is 40.4 Å². The first-order chi connectivity index (χ1) is 19.3. The Hall–Kier alpha value is -3.48. The van der Waals surface area contributed by atoms with Crippen LogP contribution in [0.1, 0.15) is 48.7 Å². The smallest absolute Gasteiger partial charge is 0.235 e. The van der Waals surface area contributed by atoms with Gasteiger partial charge in [0, 0.05) is 43.2 Å². The molecule has 12 nitrogen and oxygen atoms in total. The number of aromatic hydroxyl groups is 1. The average molecular weight is 585 g/mol. The normalized spacial score (nSPS) is 29.2. The number of fused-ring (bicyclic) bond motifs is 3. The van der Waals surface area contributed by atoms with Crippen LogP contribution in [0.15, 0.2) is 6.07 Å². The van der Waals surface area contributed by atoms with Gasteiger partial charge in [-0.2, -0.15) is 0 Å². The van der Waals surface area contributed by atoms with Crippen LogP contribution in [0.4, 0.5) is 5.69 Å². The van der Waals surface area contributed by atoms with Crippen LogP contribution in [0.25, 0.3) is 0 Å². The van der Waals surface area contributed by atoms with Crippen LogP contribution in [0, 0.1) is 29.1 Å². The van der Waals surface area contributed by atoms with Crippen molar-refractivity contribution in [2.24, 2.45) is 34.8 Å². The number of nitrogens with one attached hydrogen (secondary N) is 1. The third-order valence-electron chi connectivity index (χ3n) is 9.04. The molecule has 3 aliphatic rings. The van der Waals surface area contributed by atoms with E-state index in [4.69, 9.17) is 5.73 Å². The number of likely N-dealkylation sites (N-methyl/N-ethyl adjacent to an activating group) is 1. The number of carbonyl (C=O) groups is 6. The summed E-state index contributed by atoms with van der Waals surface area (Å²) in [5.41, 5.74) is 3.44. The molecule has 0 aliphatic heterocycles. The van der Waals surface area contributed by atoms with Gasteiger partial charge in [0.2, 0.25) is 5.91 Å². The lowest BCUT2D eigenvalue weighted by Gasteiger charge is -2.52. The number of phenolic OH excluding ortho intramolecular Hbond substituents is 1. The molecule has 0 bridgehead atoms. The zero-order valence-electron chi connectivity index (χ0n) is 25.1. The van der Waals surface area contributed by atoms with E-state index in [9.17, 15) is 39.0 Å². The molecule has 0 aromatic heterocycles. The SMILES string of the molecule is CN(C)c1cc(CNCC(=O)C(C)(C)C)c(O)c2c1C[C@H]1C[C@H]3[C@H](N(C)C)C(=O)C(C(N)=O)C(=O)[C@@]3(O)C(=O)C1C2=O. The highest BCUT2D eigenvalue weighted by atomic mass is 16.3. The second kappa shape index (κ2) is 10.7. The minimum Gasteiger partial charge on any atom is -0.507 e. The number of nitrogens with two attached hydrogens (primary N) is 1. The Morgan fingerprint density at radius 1 is 1.10 bits per heavy atom. The molecule has 3 aliphatic carbocycles. The van der Waals surface area contributed by atoms with Gasteiger partial charge in [-0.25, -0.2) is 0 Å². The van der Waals surface area contributed by atoms with Crippen molar-refractivity contribution >= 4 is 40.5 Å². The van der Waals surface area contributed by atoms with Crippen molar-refractivity contribution in [1.29, 1.82) is 0 Å². The van der Waals surface area contributed by atoms with E-state index in [0.29, 0.717) is 16.8 Å². The number of amides is 1. The molecular weight excluding hydrogens is 544 g/mol. The summed E-state index contributed by atoms with van der Waals surface area (Å²) in [6.45, 7) is 5.50. The molecule has 2 unspecified atom stereocenters. The highest BCUT2D eigenvalue weighted by Crippen LogP contribution is 2.52. The molecule has 0 spiro atoms. The Bertz CT molecular complexity index is 1390. The molecule has 1 aromatic carbocycles. The van der Waals surface area contributed by atoms with Crippen LogP contribution in [0.2, 0.25) is 0 Å². The number of hydrogen-bond acceptors (Lipinski definition) is 11. The summed E-state index contributed by atoms with van der Waals surface area (Å²) < 4.78 is 0. The molecule has 6 atom stereocenters. The second-order valence-corrected chi connectivity index (χ2v) is 13.2. The third kappa shape index (κ3) is 4.75. The van der Waals surface area contributed by atoms with Gasteiger partial charge in [0.1, 0.15) is 5.75 Å². The number of Topliss-reactive ketones (excluding diaryl/α,β-unsaturated/α-hetero) is 5. The molecule has 1 amide bonds. The first kappa shape index (κ1) is 31.5. The van der Waals surface area contributed by atoms with Crippen LogP contribution in [0.5, 0.6) is 5.75 Å².